The van der Waals surface area contributed by atoms with Crippen LogP contribution in [0.3, 0.4) is 0 Å². The standard InChI is InChI=1S/C15H15ClFNO3/c16-11-8-9(4-6-12(11)17)5-7-14(19)18-13-3-1-2-10(13)15(20)21/h4-8,10,13H,1-3H2,(H,18,19)(H,20,21). The highest BCUT2D eigenvalue weighted by molar-refractivity contribution is 6.30. The number of carbonyl (C=O) groups is 2. The quantitative estimate of drug-likeness (QED) is 0.840. The summed E-state index contributed by atoms with van der Waals surface area (Å²) in [5, 5.41) is 11.7. The number of carboxylic acids is 1. The molecule has 0 radical (unpaired) electrons. The lowest BCUT2D eigenvalue weighted by Gasteiger charge is -2.16. The van der Waals surface area contributed by atoms with Gasteiger partial charge in [0.2, 0.25) is 5.91 Å². The van der Waals surface area contributed by atoms with Gasteiger partial charge < -0.3 is 10.4 Å². The first-order valence-electron chi connectivity index (χ1n) is 6.64. The van der Waals surface area contributed by atoms with Crippen molar-refractivity contribution in [3.63, 3.8) is 0 Å². The predicted molar refractivity (Wildman–Crippen MR) is 77.4 cm³/mol. The molecule has 112 valence electrons. The fraction of sp³-hybridized carbons (Fsp3) is 0.333. The van der Waals surface area contributed by atoms with E-state index in [1.165, 1.54) is 30.4 Å². The van der Waals surface area contributed by atoms with Crippen LogP contribution in [0.25, 0.3) is 6.08 Å². The maximum atomic E-state index is 13.0. The molecule has 0 bridgehead atoms. The van der Waals surface area contributed by atoms with Gasteiger partial charge in [-0.15, -0.1) is 0 Å². The van der Waals surface area contributed by atoms with E-state index in [1.54, 1.807) is 0 Å². The number of hydrogen-bond donors (Lipinski definition) is 2. The van der Waals surface area contributed by atoms with E-state index in [-0.39, 0.29) is 17.0 Å². The molecule has 1 aliphatic rings. The van der Waals surface area contributed by atoms with Crippen LogP contribution in [0.2, 0.25) is 5.02 Å². The van der Waals surface area contributed by atoms with Crippen LogP contribution in [-0.4, -0.2) is 23.0 Å². The Morgan fingerprint density at radius 2 is 2.14 bits per heavy atom. The number of aliphatic carboxylic acids is 1. The number of amides is 1. The van der Waals surface area contributed by atoms with Crippen LogP contribution in [0.5, 0.6) is 0 Å². The first kappa shape index (κ1) is 15.5. The van der Waals surface area contributed by atoms with E-state index in [0.717, 1.165) is 6.42 Å². The lowest BCUT2D eigenvalue weighted by Crippen LogP contribution is -2.39. The molecule has 2 atom stereocenters. The summed E-state index contributed by atoms with van der Waals surface area (Å²) in [6, 6.07) is 3.80. The Balaban J connectivity index is 1.96. The average molecular weight is 312 g/mol. The van der Waals surface area contributed by atoms with Crippen molar-refractivity contribution >= 4 is 29.6 Å². The second kappa shape index (κ2) is 6.72. The van der Waals surface area contributed by atoms with Crippen LogP contribution in [-0.2, 0) is 9.59 Å². The molecule has 21 heavy (non-hydrogen) atoms. The maximum Gasteiger partial charge on any atom is 0.308 e. The highest BCUT2D eigenvalue weighted by Gasteiger charge is 2.33. The van der Waals surface area contributed by atoms with Crippen LogP contribution >= 0.6 is 11.6 Å². The van der Waals surface area contributed by atoms with Gasteiger partial charge in [-0.3, -0.25) is 9.59 Å². The van der Waals surface area contributed by atoms with E-state index in [1.807, 2.05) is 0 Å². The molecule has 0 aromatic heterocycles. The first-order chi connectivity index (χ1) is 9.97. The van der Waals surface area contributed by atoms with Crippen molar-refractivity contribution in [3.8, 4) is 0 Å². The molecule has 0 spiro atoms. The Morgan fingerprint density at radius 3 is 2.81 bits per heavy atom. The Labute approximate surface area is 126 Å². The van der Waals surface area contributed by atoms with Crippen LogP contribution in [0.15, 0.2) is 24.3 Å². The molecule has 6 heteroatoms. The van der Waals surface area contributed by atoms with Gasteiger partial charge in [0.25, 0.3) is 0 Å². The first-order valence-corrected chi connectivity index (χ1v) is 7.01. The van der Waals surface area contributed by atoms with Crippen LogP contribution < -0.4 is 5.32 Å². The SMILES string of the molecule is O=C(C=Cc1ccc(F)c(Cl)c1)NC1CCCC1C(=O)O. The molecule has 1 aliphatic carbocycles. The molecule has 2 unspecified atom stereocenters. The minimum Gasteiger partial charge on any atom is -0.481 e. The zero-order valence-electron chi connectivity index (χ0n) is 11.2. The molecule has 1 amide bonds. The summed E-state index contributed by atoms with van der Waals surface area (Å²) in [6.07, 6.45) is 4.84. The molecular weight excluding hydrogens is 297 g/mol. The predicted octanol–water partition coefficient (Wildman–Crippen LogP) is 2.86. The van der Waals surface area contributed by atoms with Gasteiger partial charge in [-0.1, -0.05) is 24.1 Å². The third-order valence-corrected chi connectivity index (χ3v) is 3.82. The van der Waals surface area contributed by atoms with Gasteiger partial charge in [0.05, 0.1) is 10.9 Å². The lowest BCUT2D eigenvalue weighted by molar-refractivity contribution is -0.142. The normalized spacial score (nSPS) is 21.6. The number of halogens is 2. The van der Waals surface area contributed by atoms with E-state index in [9.17, 15) is 14.0 Å². The molecule has 1 saturated carbocycles. The summed E-state index contributed by atoms with van der Waals surface area (Å²) >= 11 is 5.65. The van der Waals surface area contributed by atoms with Gasteiger partial charge in [0.1, 0.15) is 5.82 Å². The second-order valence-corrected chi connectivity index (χ2v) is 5.40. The number of nitrogens with one attached hydrogen (secondary N) is 1. The Hall–Kier alpha value is -1.88. The third kappa shape index (κ3) is 4.04. The van der Waals surface area contributed by atoms with E-state index in [0.29, 0.717) is 18.4 Å². The van der Waals surface area contributed by atoms with Crippen molar-refractivity contribution < 1.29 is 19.1 Å². The van der Waals surface area contributed by atoms with E-state index in [2.05, 4.69) is 5.32 Å². The molecule has 0 aliphatic heterocycles. The molecule has 1 fully saturated rings. The van der Waals surface area contributed by atoms with Crippen molar-refractivity contribution in [1.82, 2.24) is 5.32 Å². The average Bonchev–Trinajstić information content (AvgIpc) is 2.88. The van der Waals surface area contributed by atoms with Gasteiger partial charge in [0.15, 0.2) is 0 Å². The molecular formula is C15H15ClFNO3. The molecule has 1 aromatic rings. The zero-order valence-corrected chi connectivity index (χ0v) is 11.9. The summed E-state index contributed by atoms with van der Waals surface area (Å²) in [7, 11) is 0. The van der Waals surface area contributed by atoms with Crippen molar-refractivity contribution in [2.45, 2.75) is 25.3 Å². The number of hydrogen-bond acceptors (Lipinski definition) is 2. The monoisotopic (exact) mass is 311 g/mol. The fourth-order valence-electron chi connectivity index (χ4n) is 2.45. The molecule has 2 rings (SSSR count). The van der Waals surface area contributed by atoms with Crippen molar-refractivity contribution in [1.29, 1.82) is 0 Å². The van der Waals surface area contributed by atoms with Crippen molar-refractivity contribution in [2.75, 3.05) is 0 Å². The largest absolute Gasteiger partial charge is 0.481 e. The number of rotatable bonds is 4. The third-order valence-electron chi connectivity index (χ3n) is 3.53. The van der Waals surface area contributed by atoms with Gasteiger partial charge >= 0.3 is 5.97 Å². The van der Waals surface area contributed by atoms with Gasteiger partial charge in [-0.2, -0.15) is 0 Å². The van der Waals surface area contributed by atoms with Gasteiger partial charge in [0, 0.05) is 12.1 Å². The maximum absolute atomic E-state index is 13.0. The highest BCUT2D eigenvalue weighted by atomic mass is 35.5. The Bertz CT molecular complexity index is 588. The van der Waals surface area contributed by atoms with Crippen LogP contribution in [0.4, 0.5) is 4.39 Å². The lowest BCUT2D eigenvalue weighted by atomic mass is 10.0. The molecule has 1 aromatic carbocycles. The van der Waals surface area contributed by atoms with Crippen molar-refractivity contribution in [3.05, 3.63) is 40.7 Å². The van der Waals surface area contributed by atoms with Crippen molar-refractivity contribution in [2.24, 2.45) is 5.92 Å². The minimum absolute atomic E-state index is 0.0145. The van der Waals surface area contributed by atoms with Gasteiger partial charge in [-0.25, -0.2) is 4.39 Å². The second-order valence-electron chi connectivity index (χ2n) is 5.00. The highest BCUT2D eigenvalue weighted by Crippen LogP contribution is 2.25. The summed E-state index contributed by atoms with van der Waals surface area (Å²) in [5.74, 6) is -2.29. The smallest absolute Gasteiger partial charge is 0.308 e. The Kier molecular flexibility index (Phi) is 4.96. The molecule has 4 nitrogen and oxygen atoms in total. The van der Waals surface area contributed by atoms with E-state index in [4.69, 9.17) is 16.7 Å². The summed E-state index contributed by atoms with van der Waals surface area (Å²) in [5.41, 5.74) is 0.595. The van der Waals surface area contributed by atoms with Crippen LogP contribution in [0, 0.1) is 11.7 Å². The number of benzene rings is 1. The van der Waals surface area contributed by atoms with E-state index >= 15 is 0 Å². The van der Waals surface area contributed by atoms with E-state index < -0.39 is 17.7 Å². The molecule has 2 N–H and O–H groups in total. The number of carboxylic acid groups (broad SMARTS) is 1. The topological polar surface area (TPSA) is 66.4 Å². The zero-order chi connectivity index (χ0) is 15.4. The van der Waals surface area contributed by atoms with Crippen LogP contribution in [0.1, 0.15) is 24.8 Å². The minimum atomic E-state index is -0.882. The molecule has 0 heterocycles. The van der Waals surface area contributed by atoms with Gasteiger partial charge in [-0.05, 0) is 36.6 Å². The summed E-state index contributed by atoms with van der Waals surface area (Å²) in [4.78, 5) is 22.8. The Morgan fingerprint density at radius 1 is 1.38 bits per heavy atom. The fourth-order valence-corrected chi connectivity index (χ4v) is 2.64. The summed E-state index contributed by atoms with van der Waals surface area (Å²) < 4.78 is 13.0. The summed E-state index contributed by atoms with van der Waals surface area (Å²) in [6.45, 7) is 0. The molecule has 0 saturated heterocycles. The number of carbonyl (C=O) groups excluding carboxylic acids is 1.